The summed E-state index contributed by atoms with van der Waals surface area (Å²) in [7, 11) is 2.35. The van der Waals surface area contributed by atoms with Crippen LogP contribution in [0.4, 0.5) is 0 Å². The summed E-state index contributed by atoms with van der Waals surface area (Å²) in [5.41, 5.74) is 0.769. The van der Waals surface area contributed by atoms with E-state index in [1.54, 1.807) is 0 Å². The molecule has 2 saturated carbocycles. The highest BCUT2D eigenvalue weighted by atomic mass is 15.6. The lowest BCUT2D eigenvalue weighted by molar-refractivity contribution is 0.0620. The van der Waals surface area contributed by atoms with Gasteiger partial charge < -0.3 is 0 Å². The highest BCUT2D eigenvalue weighted by Gasteiger charge is 2.69. The molecule has 0 aromatic carbocycles. The van der Waals surface area contributed by atoms with E-state index in [-0.39, 0.29) is 7.43 Å². The molecular formula is C23H44N2. The van der Waals surface area contributed by atoms with Crippen molar-refractivity contribution in [2.24, 2.45) is 23.7 Å². The Labute approximate surface area is 157 Å². The minimum Gasteiger partial charge on any atom is -0.282 e. The van der Waals surface area contributed by atoms with Crippen molar-refractivity contribution in [2.45, 2.75) is 110 Å². The van der Waals surface area contributed by atoms with Gasteiger partial charge in [0.05, 0.1) is 5.66 Å². The molecule has 2 nitrogen and oxygen atoms in total. The largest absolute Gasteiger partial charge is 0.282 e. The molecule has 0 spiro atoms. The molecule has 2 heteroatoms. The molecule has 2 saturated heterocycles. The van der Waals surface area contributed by atoms with Crippen LogP contribution in [0, 0.1) is 23.7 Å². The van der Waals surface area contributed by atoms with E-state index in [1.165, 1.54) is 64.3 Å². The predicted octanol–water partition coefficient (Wildman–Crippen LogP) is 5.77. The Bertz CT molecular complexity index is 457. The molecule has 0 N–H and O–H groups in total. The van der Waals surface area contributed by atoms with Crippen molar-refractivity contribution in [3.63, 3.8) is 0 Å². The summed E-state index contributed by atoms with van der Waals surface area (Å²) in [5.74, 6) is 4.12. The molecule has 25 heavy (non-hydrogen) atoms. The van der Waals surface area contributed by atoms with E-state index in [0.29, 0.717) is 11.2 Å². The lowest BCUT2D eigenvalue weighted by Gasteiger charge is -2.39. The van der Waals surface area contributed by atoms with Crippen LogP contribution >= 0.6 is 0 Å². The van der Waals surface area contributed by atoms with E-state index in [4.69, 9.17) is 0 Å². The monoisotopic (exact) mass is 348 g/mol. The number of likely N-dealkylation sites (N-methyl/N-ethyl adjacent to an activating group) is 1. The molecule has 4 fully saturated rings. The molecule has 0 aromatic rings. The Morgan fingerprint density at radius 2 is 1.36 bits per heavy atom. The number of likely N-dealkylation sites (tertiary alicyclic amines) is 1. The van der Waals surface area contributed by atoms with Gasteiger partial charge in [-0.05, 0) is 96.4 Å². The van der Waals surface area contributed by atoms with Gasteiger partial charge in [-0.1, -0.05) is 27.2 Å². The fourth-order valence-electron chi connectivity index (χ4n) is 6.65. The van der Waals surface area contributed by atoms with Crippen molar-refractivity contribution in [1.29, 1.82) is 0 Å². The van der Waals surface area contributed by atoms with E-state index in [2.05, 4.69) is 44.5 Å². The first-order valence-electron chi connectivity index (χ1n) is 10.8. The third-order valence-corrected chi connectivity index (χ3v) is 8.87. The Kier molecular flexibility index (Phi) is 5.37. The molecule has 0 aromatic heterocycles. The minimum absolute atomic E-state index is 0. The summed E-state index contributed by atoms with van der Waals surface area (Å²) in [6.07, 6.45) is 13.5. The minimum atomic E-state index is 0. The standard InChI is InChI=1S/C22H40N2.CH4/c1-16-6-10-18(11-7-16)19-12-8-17(9-13-19)15-24-20-14-21(2,3)23(5)22(20,24)4;/h16-20H,6-15H2,1-5H3;1H4. The lowest BCUT2D eigenvalue weighted by atomic mass is 9.69. The molecule has 0 bridgehead atoms. The highest BCUT2D eigenvalue weighted by Crippen LogP contribution is 2.57. The van der Waals surface area contributed by atoms with Gasteiger partial charge in [0.1, 0.15) is 0 Å². The number of hydrogen-bond donors (Lipinski definition) is 0. The summed E-state index contributed by atoms with van der Waals surface area (Å²) in [6.45, 7) is 11.1. The van der Waals surface area contributed by atoms with Crippen molar-refractivity contribution in [1.82, 2.24) is 9.80 Å². The predicted molar refractivity (Wildman–Crippen MR) is 109 cm³/mol. The zero-order valence-corrected chi connectivity index (χ0v) is 16.9. The topological polar surface area (TPSA) is 6.25 Å². The molecule has 4 aliphatic rings. The summed E-state index contributed by atoms with van der Waals surface area (Å²) in [6, 6.07) is 0.829. The molecule has 3 atom stereocenters. The van der Waals surface area contributed by atoms with Gasteiger partial charge in [0.15, 0.2) is 0 Å². The second-order valence-electron chi connectivity index (χ2n) is 10.6. The smallest absolute Gasteiger partial charge is 0.0875 e. The van der Waals surface area contributed by atoms with Gasteiger partial charge in [0.25, 0.3) is 0 Å². The Morgan fingerprint density at radius 1 is 0.840 bits per heavy atom. The van der Waals surface area contributed by atoms with Crippen molar-refractivity contribution in [3.8, 4) is 0 Å². The molecule has 2 aliphatic carbocycles. The maximum Gasteiger partial charge on any atom is 0.0875 e. The maximum absolute atomic E-state index is 2.82. The fraction of sp³-hybridized carbons (Fsp3) is 1.00. The molecule has 2 heterocycles. The van der Waals surface area contributed by atoms with Gasteiger partial charge in [-0.3, -0.25) is 9.80 Å². The first kappa shape index (κ1) is 19.7. The van der Waals surface area contributed by atoms with E-state index in [0.717, 1.165) is 29.7 Å². The van der Waals surface area contributed by atoms with Gasteiger partial charge in [0, 0.05) is 18.1 Å². The third-order valence-electron chi connectivity index (χ3n) is 8.87. The summed E-state index contributed by atoms with van der Waals surface area (Å²) in [5, 5.41) is 0. The fourth-order valence-corrected chi connectivity index (χ4v) is 6.65. The normalized spacial score (nSPS) is 49.3. The lowest BCUT2D eigenvalue weighted by Crippen LogP contribution is -2.47. The highest BCUT2D eigenvalue weighted by molar-refractivity contribution is 5.22. The van der Waals surface area contributed by atoms with Crippen LogP contribution in [0.3, 0.4) is 0 Å². The molecule has 146 valence electrons. The van der Waals surface area contributed by atoms with Crippen LogP contribution in [0.5, 0.6) is 0 Å². The number of fused-ring (bicyclic) bond motifs is 1. The van der Waals surface area contributed by atoms with Crippen LogP contribution < -0.4 is 0 Å². The van der Waals surface area contributed by atoms with E-state index < -0.39 is 0 Å². The zero-order valence-electron chi connectivity index (χ0n) is 16.9. The average Bonchev–Trinajstić information content (AvgIpc) is 3.04. The Balaban J connectivity index is 0.00000182. The van der Waals surface area contributed by atoms with Crippen LogP contribution in [0.15, 0.2) is 0 Å². The number of rotatable bonds is 3. The summed E-state index contributed by atoms with van der Waals surface area (Å²) < 4.78 is 0. The van der Waals surface area contributed by atoms with Gasteiger partial charge >= 0.3 is 0 Å². The van der Waals surface area contributed by atoms with Crippen LogP contribution in [-0.4, -0.2) is 40.6 Å². The first-order chi connectivity index (χ1) is 11.3. The molecule has 0 radical (unpaired) electrons. The Hall–Kier alpha value is -0.0800. The second kappa shape index (κ2) is 6.82. The van der Waals surface area contributed by atoms with E-state index in [1.807, 2.05) is 0 Å². The van der Waals surface area contributed by atoms with Gasteiger partial charge in [0.2, 0.25) is 0 Å². The Morgan fingerprint density at radius 3 is 1.84 bits per heavy atom. The van der Waals surface area contributed by atoms with Gasteiger partial charge in [-0.2, -0.15) is 0 Å². The zero-order chi connectivity index (χ0) is 17.1. The van der Waals surface area contributed by atoms with Crippen molar-refractivity contribution < 1.29 is 0 Å². The van der Waals surface area contributed by atoms with Crippen LogP contribution in [0.2, 0.25) is 0 Å². The quantitative estimate of drug-likeness (QED) is 0.597. The van der Waals surface area contributed by atoms with Crippen LogP contribution in [0.1, 0.15) is 92.9 Å². The maximum atomic E-state index is 2.82. The molecule has 0 amide bonds. The summed E-state index contributed by atoms with van der Waals surface area (Å²) in [4.78, 5) is 5.48. The van der Waals surface area contributed by atoms with Gasteiger partial charge in [-0.25, -0.2) is 0 Å². The van der Waals surface area contributed by atoms with Gasteiger partial charge in [-0.15, -0.1) is 0 Å². The second-order valence-corrected chi connectivity index (χ2v) is 10.6. The SMILES string of the molecule is C.CC1CCC(C2CCC(CN3C4CC(C)(C)N(C)C43C)CC2)CC1. The van der Waals surface area contributed by atoms with Crippen molar-refractivity contribution >= 4 is 0 Å². The number of hydrogen-bond acceptors (Lipinski definition) is 2. The van der Waals surface area contributed by atoms with E-state index >= 15 is 0 Å². The molecule has 4 rings (SSSR count). The first-order valence-corrected chi connectivity index (χ1v) is 10.8. The van der Waals surface area contributed by atoms with Crippen LogP contribution in [0.25, 0.3) is 0 Å². The van der Waals surface area contributed by atoms with Crippen molar-refractivity contribution in [3.05, 3.63) is 0 Å². The molecule has 2 aliphatic heterocycles. The van der Waals surface area contributed by atoms with Crippen molar-refractivity contribution in [2.75, 3.05) is 13.6 Å². The summed E-state index contributed by atoms with van der Waals surface area (Å²) >= 11 is 0. The third kappa shape index (κ3) is 3.31. The van der Waals surface area contributed by atoms with Crippen LogP contribution in [-0.2, 0) is 0 Å². The molecular weight excluding hydrogens is 304 g/mol. The number of nitrogens with zero attached hydrogens (tertiary/aromatic N) is 2. The average molecular weight is 349 g/mol. The van der Waals surface area contributed by atoms with E-state index in [9.17, 15) is 0 Å². The molecule has 3 unspecified atom stereocenters.